The van der Waals surface area contributed by atoms with Crippen LogP contribution in [0.15, 0.2) is 12.3 Å². The van der Waals surface area contributed by atoms with Gasteiger partial charge in [0, 0.05) is 52.3 Å². The van der Waals surface area contributed by atoms with Crippen LogP contribution in [0, 0.1) is 0 Å². The minimum absolute atomic E-state index is 0.190. The number of carbonyl (C=O) groups is 1. The molecule has 2 aliphatic rings. The van der Waals surface area contributed by atoms with Crippen molar-refractivity contribution >= 4 is 5.91 Å². The maximum absolute atomic E-state index is 13.2. The number of nitrogens with zero attached hydrogens (tertiary/aromatic N) is 4. The minimum Gasteiger partial charge on any atom is -0.390 e. The van der Waals surface area contributed by atoms with Crippen LogP contribution in [0.4, 0.5) is 8.78 Å². The minimum atomic E-state index is -2.61. The number of aliphatic hydroxyl groups excluding tert-OH is 1. The number of halogens is 2. The van der Waals surface area contributed by atoms with Crippen molar-refractivity contribution in [3.63, 3.8) is 0 Å². The highest BCUT2D eigenvalue weighted by atomic mass is 19.3. The van der Waals surface area contributed by atoms with Gasteiger partial charge in [0.1, 0.15) is 5.69 Å². The zero-order chi connectivity index (χ0) is 15.9. The Hall–Kier alpha value is -1.54. The number of aryl methyl sites for hydroxylation is 1. The second kappa shape index (κ2) is 5.58. The van der Waals surface area contributed by atoms with Crippen LogP contribution in [0.25, 0.3) is 0 Å². The smallest absolute Gasteiger partial charge is 0.274 e. The molecule has 1 amide bonds. The summed E-state index contributed by atoms with van der Waals surface area (Å²) in [6, 6.07) is 1.35. The van der Waals surface area contributed by atoms with Crippen LogP contribution in [0.1, 0.15) is 23.3 Å². The summed E-state index contributed by atoms with van der Waals surface area (Å²) >= 11 is 0. The van der Waals surface area contributed by atoms with Gasteiger partial charge in [-0.2, -0.15) is 5.10 Å². The van der Waals surface area contributed by atoms with Crippen molar-refractivity contribution in [2.24, 2.45) is 7.05 Å². The zero-order valence-electron chi connectivity index (χ0n) is 12.5. The van der Waals surface area contributed by atoms with Crippen LogP contribution in [0.3, 0.4) is 0 Å². The molecule has 0 unspecified atom stereocenters. The predicted octanol–water partition coefficient (Wildman–Crippen LogP) is 0.336. The number of carbonyl (C=O) groups excluding carboxylic acids is 1. The van der Waals surface area contributed by atoms with Crippen LogP contribution < -0.4 is 0 Å². The number of piperidine rings is 1. The average Bonchev–Trinajstić information content (AvgIpc) is 3.05. The molecule has 1 aromatic heterocycles. The molecule has 1 N–H and O–H groups in total. The lowest BCUT2D eigenvalue weighted by Gasteiger charge is -2.36. The van der Waals surface area contributed by atoms with Gasteiger partial charge in [-0.25, -0.2) is 8.78 Å². The third kappa shape index (κ3) is 2.98. The van der Waals surface area contributed by atoms with E-state index in [1.165, 1.54) is 0 Å². The van der Waals surface area contributed by atoms with Gasteiger partial charge in [-0.05, 0) is 6.07 Å². The highest BCUT2D eigenvalue weighted by Gasteiger charge is 2.42. The molecule has 8 heteroatoms. The summed E-state index contributed by atoms with van der Waals surface area (Å²) in [4.78, 5) is 15.8. The lowest BCUT2D eigenvalue weighted by Crippen LogP contribution is -2.49. The summed E-state index contributed by atoms with van der Waals surface area (Å²) in [5, 5.41) is 14.3. The van der Waals surface area contributed by atoms with Crippen LogP contribution in [0.2, 0.25) is 0 Å². The van der Waals surface area contributed by atoms with Crippen LogP contribution >= 0.6 is 0 Å². The van der Waals surface area contributed by atoms with Crippen LogP contribution in [-0.2, 0) is 7.05 Å². The van der Waals surface area contributed by atoms with Gasteiger partial charge in [-0.1, -0.05) is 0 Å². The van der Waals surface area contributed by atoms with Gasteiger partial charge in [0.25, 0.3) is 11.8 Å². The summed E-state index contributed by atoms with van der Waals surface area (Å²) in [6.45, 7) is 1.07. The van der Waals surface area contributed by atoms with Crippen molar-refractivity contribution in [3.8, 4) is 0 Å². The molecule has 0 aliphatic carbocycles. The van der Waals surface area contributed by atoms with Gasteiger partial charge in [-0.15, -0.1) is 0 Å². The van der Waals surface area contributed by atoms with Gasteiger partial charge < -0.3 is 10.0 Å². The number of likely N-dealkylation sites (tertiary alicyclic amines) is 2. The third-order valence-corrected chi connectivity index (χ3v) is 4.48. The monoisotopic (exact) mass is 314 g/mol. The average molecular weight is 314 g/mol. The molecule has 6 nitrogen and oxygen atoms in total. The Balaban J connectivity index is 1.63. The van der Waals surface area contributed by atoms with E-state index < -0.39 is 12.0 Å². The molecule has 2 aliphatic heterocycles. The number of hydrogen-bond donors (Lipinski definition) is 1. The van der Waals surface area contributed by atoms with Crippen LogP contribution in [0.5, 0.6) is 0 Å². The SMILES string of the molecule is Cn1ccc(C(=O)N2C[C@@H](O)[C@H](N3CCC(F)(F)CC3)C2)n1. The first-order valence-electron chi connectivity index (χ1n) is 7.44. The van der Waals surface area contributed by atoms with Crippen molar-refractivity contribution < 1.29 is 18.7 Å². The molecule has 2 fully saturated rings. The van der Waals surface area contributed by atoms with Crippen molar-refractivity contribution in [1.29, 1.82) is 0 Å². The number of hydrogen-bond acceptors (Lipinski definition) is 4. The molecule has 0 bridgehead atoms. The fraction of sp³-hybridized carbons (Fsp3) is 0.714. The Morgan fingerprint density at radius 3 is 2.64 bits per heavy atom. The highest BCUT2D eigenvalue weighted by Crippen LogP contribution is 2.30. The molecule has 0 saturated carbocycles. The predicted molar refractivity (Wildman–Crippen MR) is 74.7 cm³/mol. The molecule has 0 aromatic carbocycles. The maximum Gasteiger partial charge on any atom is 0.274 e. The Kier molecular flexibility index (Phi) is 3.90. The van der Waals surface area contributed by atoms with E-state index in [4.69, 9.17) is 0 Å². The molecule has 3 heterocycles. The number of aromatic nitrogens is 2. The van der Waals surface area contributed by atoms with Gasteiger partial charge in [0.05, 0.1) is 12.1 Å². The normalized spacial score (nSPS) is 29.0. The molecule has 2 atom stereocenters. The lowest BCUT2D eigenvalue weighted by molar-refractivity contribution is -0.0697. The van der Waals surface area contributed by atoms with Crippen molar-refractivity contribution in [3.05, 3.63) is 18.0 Å². The molecule has 22 heavy (non-hydrogen) atoms. The van der Waals surface area contributed by atoms with Crippen LogP contribution in [-0.4, -0.2) is 74.8 Å². The fourth-order valence-corrected chi connectivity index (χ4v) is 3.17. The second-order valence-electron chi connectivity index (χ2n) is 6.11. The number of alkyl halides is 2. The molecule has 0 spiro atoms. The van der Waals surface area contributed by atoms with Gasteiger partial charge in [0.15, 0.2) is 0 Å². The summed E-state index contributed by atoms with van der Waals surface area (Å²) in [5.74, 6) is -2.84. The first-order chi connectivity index (χ1) is 10.4. The second-order valence-corrected chi connectivity index (χ2v) is 6.11. The third-order valence-electron chi connectivity index (χ3n) is 4.48. The highest BCUT2D eigenvalue weighted by molar-refractivity contribution is 5.92. The number of rotatable bonds is 2. The molecule has 1 aromatic rings. The standard InChI is InChI=1S/C14H20F2N4O2/c1-18-5-2-10(17-18)13(22)20-8-11(12(21)9-20)19-6-3-14(15,16)4-7-19/h2,5,11-12,21H,3-4,6-9H2,1H3/t11-,12-/m1/s1. The Bertz CT molecular complexity index is 553. The van der Waals surface area contributed by atoms with E-state index >= 15 is 0 Å². The van der Waals surface area contributed by atoms with E-state index in [1.807, 2.05) is 4.90 Å². The number of aliphatic hydroxyl groups is 1. The van der Waals surface area contributed by atoms with Crippen molar-refractivity contribution in [2.75, 3.05) is 26.2 Å². The van der Waals surface area contributed by atoms with Gasteiger partial charge in [0.2, 0.25) is 0 Å². The first-order valence-corrected chi connectivity index (χ1v) is 7.44. The topological polar surface area (TPSA) is 61.6 Å². The number of β-amino-alcohol motifs (C(OH)–C–C–N with tert-alkyl or cyclic N) is 1. The fourth-order valence-electron chi connectivity index (χ4n) is 3.17. The molecular weight excluding hydrogens is 294 g/mol. The first kappa shape index (κ1) is 15.4. The summed E-state index contributed by atoms with van der Waals surface area (Å²) in [5.41, 5.74) is 0.334. The Morgan fingerprint density at radius 1 is 1.36 bits per heavy atom. The van der Waals surface area contributed by atoms with E-state index in [1.54, 1.807) is 28.9 Å². The van der Waals surface area contributed by atoms with Crippen molar-refractivity contribution in [1.82, 2.24) is 19.6 Å². The molecule has 122 valence electrons. The quantitative estimate of drug-likeness (QED) is 0.855. The molecule has 0 radical (unpaired) electrons. The van der Waals surface area contributed by atoms with E-state index in [0.29, 0.717) is 12.2 Å². The summed E-state index contributed by atoms with van der Waals surface area (Å²) in [7, 11) is 1.73. The zero-order valence-corrected chi connectivity index (χ0v) is 12.5. The molecule has 3 rings (SSSR count). The van der Waals surface area contributed by atoms with E-state index in [9.17, 15) is 18.7 Å². The lowest BCUT2D eigenvalue weighted by atomic mass is 10.0. The van der Waals surface area contributed by atoms with Gasteiger partial charge >= 0.3 is 0 Å². The van der Waals surface area contributed by atoms with Gasteiger partial charge in [-0.3, -0.25) is 14.4 Å². The largest absolute Gasteiger partial charge is 0.390 e. The molecule has 2 saturated heterocycles. The summed E-state index contributed by atoms with van der Waals surface area (Å²) in [6.07, 6.45) is 0.595. The Labute approximate surface area is 127 Å². The van der Waals surface area contributed by atoms with E-state index in [0.717, 1.165) is 0 Å². The summed E-state index contributed by atoms with van der Waals surface area (Å²) < 4.78 is 28.0. The van der Waals surface area contributed by atoms with Crippen molar-refractivity contribution in [2.45, 2.75) is 30.9 Å². The number of amides is 1. The van der Waals surface area contributed by atoms with E-state index in [2.05, 4.69) is 5.10 Å². The molecular formula is C14H20F2N4O2. The Morgan fingerprint density at radius 2 is 2.05 bits per heavy atom. The van der Waals surface area contributed by atoms with E-state index in [-0.39, 0.29) is 44.4 Å². The maximum atomic E-state index is 13.2.